The van der Waals surface area contributed by atoms with E-state index < -0.39 is 10.0 Å². The fraction of sp³-hybridized carbons (Fsp3) is 0.136. The van der Waals surface area contributed by atoms with Gasteiger partial charge in [0, 0.05) is 29.8 Å². The first-order valence-corrected chi connectivity index (χ1v) is 10.8. The molecule has 4 rings (SSSR count). The Hall–Kier alpha value is -3.72. The lowest BCUT2D eigenvalue weighted by molar-refractivity contribution is -0.114. The number of hydrogen-bond acceptors (Lipinski definition) is 6. The van der Waals surface area contributed by atoms with Crippen LogP contribution in [0.3, 0.4) is 0 Å². The monoisotopic (exact) mass is 440 g/mol. The molecule has 1 amide bonds. The van der Waals surface area contributed by atoms with Crippen molar-refractivity contribution in [1.82, 2.24) is 0 Å². The maximum Gasteiger partial charge on any atom is 0.262 e. The number of para-hydroxylation sites is 1. The highest BCUT2D eigenvalue weighted by atomic mass is 32.2. The molecule has 0 aliphatic heterocycles. The Labute approximate surface area is 178 Å². The van der Waals surface area contributed by atoms with Crippen LogP contribution in [-0.4, -0.2) is 28.5 Å². The third-order valence-electron chi connectivity index (χ3n) is 4.74. The van der Waals surface area contributed by atoms with Gasteiger partial charge in [0.05, 0.1) is 30.5 Å². The molecule has 0 unspecified atom stereocenters. The molecule has 0 saturated heterocycles. The van der Waals surface area contributed by atoms with Crippen LogP contribution in [-0.2, 0) is 14.8 Å². The second-order valence-corrected chi connectivity index (χ2v) is 8.48. The zero-order valence-electron chi connectivity index (χ0n) is 17.1. The van der Waals surface area contributed by atoms with Gasteiger partial charge in [-0.05, 0) is 24.3 Å². The Balaban J connectivity index is 1.75. The van der Waals surface area contributed by atoms with E-state index in [4.69, 9.17) is 13.9 Å². The molecule has 0 saturated carbocycles. The van der Waals surface area contributed by atoms with Crippen LogP contribution in [0.1, 0.15) is 6.92 Å². The van der Waals surface area contributed by atoms with Crippen molar-refractivity contribution >= 4 is 49.2 Å². The van der Waals surface area contributed by atoms with E-state index in [1.165, 1.54) is 39.3 Å². The Kier molecular flexibility index (Phi) is 5.20. The number of rotatable bonds is 6. The average Bonchev–Trinajstić information content (AvgIpc) is 3.09. The van der Waals surface area contributed by atoms with Crippen LogP contribution in [0.25, 0.3) is 21.9 Å². The fourth-order valence-corrected chi connectivity index (χ4v) is 4.41. The van der Waals surface area contributed by atoms with E-state index in [-0.39, 0.29) is 22.2 Å². The van der Waals surface area contributed by atoms with E-state index in [1.54, 1.807) is 12.1 Å². The predicted octanol–water partition coefficient (Wildman–Crippen LogP) is 4.36. The number of hydrogen-bond donors (Lipinski definition) is 2. The zero-order chi connectivity index (χ0) is 22.2. The Morgan fingerprint density at radius 1 is 0.871 bits per heavy atom. The molecule has 0 spiro atoms. The lowest BCUT2D eigenvalue weighted by atomic mass is 10.1. The highest BCUT2D eigenvalue weighted by Crippen LogP contribution is 2.37. The van der Waals surface area contributed by atoms with E-state index in [0.717, 1.165) is 10.8 Å². The molecular formula is C22H20N2O6S. The van der Waals surface area contributed by atoms with Crippen LogP contribution < -0.4 is 19.5 Å². The van der Waals surface area contributed by atoms with Gasteiger partial charge < -0.3 is 19.2 Å². The van der Waals surface area contributed by atoms with Gasteiger partial charge in [-0.2, -0.15) is 0 Å². The number of methoxy groups -OCH3 is 2. The topological polar surface area (TPSA) is 107 Å². The molecule has 9 heteroatoms. The van der Waals surface area contributed by atoms with Crippen molar-refractivity contribution in [1.29, 1.82) is 0 Å². The minimum absolute atomic E-state index is 0.0368. The summed E-state index contributed by atoms with van der Waals surface area (Å²) in [5.74, 6) is 0.276. The van der Waals surface area contributed by atoms with Crippen molar-refractivity contribution in [2.24, 2.45) is 0 Å². The van der Waals surface area contributed by atoms with Crippen LogP contribution in [0.4, 0.5) is 11.4 Å². The molecule has 0 aliphatic rings. The molecule has 0 aliphatic carbocycles. The molecule has 160 valence electrons. The van der Waals surface area contributed by atoms with Crippen molar-refractivity contribution in [2.45, 2.75) is 11.8 Å². The Morgan fingerprint density at radius 2 is 1.58 bits per heavy atom. The van der Waals surface area contributed by atoms with Gasteiger partial charge in [-0.25, -0.2) is 8.42 Å². The van der Waals surface area contributed by atoms with E-state index in [1.807, 2.05) is 24.3 Å². The summed E-state index contributed by atoms with van der Waals surface area (Å²) in [5, 5.41) is 4.31. The lowest BCUT2D eigenvalue weighted by Gasteiger charge is -2.14. The van der Waals surface area contributed by atoms with E-state index in [2.05, 4.69) is 10.0 Å². The Bertz CT molecular complexity index is 1410. The molecule has 1 heterocycles. The van der Waals surface area contributed by atoms with Gasteiger partial charge in [-0.15, -0.1) is 0 Å². The van der Waals surface area contributed by atoms with E-state index in [9.17, 15) is 13.2 Å². The van der Waals surface area contributed by atoms with Crippen LogP contribution in [0, 0.1) is 0 Å². The summed E-state index contributed by atoms with van der Waals surface area (Å²) < 4.78 is 45.1. The molecule has 0 fully saturated rings. The fourth-order valence-electron chi connectivity index (χ4n) is 3.34. The second-order valence-electron chi connectivity index (χ2n) is 6.80. The number of ether oxygens (including phenoxy) is 2. The molecule has 0 atom stereocenters. The smallest absolute Gasteiger partial charge is 0.262 e. The van der Waals surface area contributed by atoms with Crippen LogP contribution in [0.15, 0.2) is 63.9 Å². The first kappa shape index (κ1) is 20.5. The zero-order valence-corrected chi connectivity index (χ0v) is 17.9. The van der Waals surface area contributed by atoms with Gasteiger partial charge in [0.15, 0.2) is 0 Å². The first-order valence-electron chi connectivity index (χ1n) is 9.30. The number of amides is 1. The molecule has 1 aromatic heterocycles. The van der Waals surface area contributed by atoms with Crippen molar-refractivity contribution in [3.63, 3.8) is 0 Å². The highest BCUT2D eigenvalue weighted by Gasteiger charge is 2.21. The minimum Gasteiger partial charge on any atom is -0.495 e. The van der Waals surface area contributed by atoms with E-state index in [0.29, 0.717) is 22.6 Å². The van der Waals surface area contributed by atoms with E-state index >= 15 is 0 Å². The highest BCUT2D eigenvalue weighted by molar-refractivity contribution is 7.92. The quantitative estimate of drug-likeness (QED) is 0.461. The van der Waals surface area contributed by atoms with Crippen molar-refractivity contribution in [3.8, 4) is 11.5 Å². The molecule has 0 bridgehead atoms. The van der Waals surface area contributed by atoms with Gasteiger partial charge in [0.25, 0.3) is 10.0 Å². The minimum atomic E-state index is -3.99. The number of carbonyl (C=O) groups is 1. The van der Waals surface area contributed by atoms with Crippen molar-refractivity contribution in [3.05, 3.63) is 54.6 Å². The molecule has 8 nitrogen and oxygen atoms in total. The predicted molar refractivity (Wildman–Crippen MR) is 118 cm³/mol. The molecule has 3 aromatic carbocycles. The summed E-state index contributed by atoms with van der Waals surface area (Å²) in [6.07, 6.45) is 0. The number of sulfonamides is 1. The molecule has 2 N–H and O–H groups in total. The van der Waals surface area contributed by atoms with Gasteiger partial charge in [-0.3, -0.25) is 9.52 Å². The summed E-state index contributed by atoms with van der Waals surface area (Å²) in [6.45, 7) is 1.35. The summed E-state index contributed by atoms with van der Waals surface area (Å²) in [7, 11) is -1.13. The number of benzene rings is 3. The van der Waals surface area contributed by atoms with Crippen molar-refractivity contribution < 1.29 is 27.1 Å². The number of carbonyl (C=O) groups excluding carboxylic acids is 1. The standard InChI is InChI=1S/C22H20N2O6S/c1-13(25)23-17-9-8-14(10-21(17)28-2)31(26,27)24-18-12-20-16(11-22(18)29-3)15-6-4-5-7-19(15)30-20/h4-12,24H,1-3H3,(H,23,25). The maximum atomic E-state index is 13.0. The first-order chi connectivity index (χ1) is 14.8. The largest absolute Gasteiger partial charge is 0.495 e. The molecule has 31 heavy (non-hydrogen) atoms. The number of anilines is 2. The summed E-state index contributed by atoms with van der Waals surface area (Å²) in [6, 6.07) is 15.0. The third kappa shape index (κ3) is 3.87. The molecule has 0 radical (unpaired) electrons. The number of fused-ring (bicyclic) bond motifs is 3. The van der Waals surface area contributed by atoms with Gasteiger partial charge in [0.1, 0.15) is 22.7 Å². The number of nitrogens with one attached hydrogen (secondary N) is 2. The summed E-state index contributed by atoms with van der Waals surface area (Å²) in [4.78, 5) is 11.3. The normalized spacial score (nSPS) is 11.5. The number of furan rings is 1. The molecular weight excluding hydrogens is 420 g/mol. The van der Waals surface area contributed by atoms with Crippen LogP contribution >= 0.6 is 0 Å². The maximum absolute atomic E-state index is 13.0. The van der Waals surface area contributed by atoms with Gasteiger partial charge >= 0.3 is 0 Å². The lowest BCUT2D eigenvalue weighted by Crippen LogP contribution is -2.14. The van der Waals surface area contributed by atoms with Gasteiger partial charge in [-0.1, -0.05) is 18.2 Å². The Morgan fingerprint density at radius 3 is 2.29 bits per heavy atom. The van der Waals surface area contributed by atoms with Crippen molar-refractivity contribution in [2.75, 3.05) is 24.3 Å². The summed E-state index contributed by atoms with van der Waals surface area (Å²) in [5.41, 5.74) is 1.82. The van der Waals surface area contributed by atoms with Gasteiger partial charge in [0.2, 0.25) is 5.91 Å². The van der Waals surface area contributed by atoms with Crippen LogP contribution in [0.2, 0.25) is 0 Å². The van der Waals surface area contributed by atoms with Crippen LogP contribution in [0.5, 0.6) is 11.5 Å². The third-order valence-corrected chi connectivity index (χ3v) is 6.10. The average molecular weight is 440 g/mol. The SMILES string of the molecule is COc1cc(S(=O)(=O)Nc2cc3oc4ccccc4c3cc2OC)ccc1NC(C)=O. The summed E-state index contributed by atoms with van der Waals surface area (Å²) >= 11 is 0. The molecule has 4 aromatic rings. The second kappa shape index (κ2) is 7.84.